The molecule has 0 aromatic carbocycles. The summed E-state index contributed by atoms with van der Waals surface area (Å²) in [6.45, 7) is 2.79. The lowest BCUT2D eigenvalue weighted by Crippen LogP contribution is -2.52. The molecule has 2 aliphatic heterocycles. The lowest BCUT2D eigenvalue weighted by molar-refractivity contribution is -0.142. The number of nitrogens with zero attached hydrogens (tertiary/aromatic N) is 1. The Labute approximate surface area is 118 Å². The van der Waals surface area contributed by atoms with E-state index in [9.17, 15) is 9.59 Å². The first-order valence-electron chi connectivity index (χ1n) is 7.12. The van der Waals surface area contributed by atoms with Crippen LogP contribution in [0.1, 0.15) is 12.8 Å². The van der Waals surface area contributed by atoms with Gasteiger partial charge in [-0.3, -0.25) is 4.79 Å². The molecule has 3 N–H and O–H groups in total. The lowest BCUT2D eigenvalue weighted by Gasteiger charge is -2.33. The van der Waals surface area contributed by atoms with E-state index in [1.54, 1.807) is 4.90 Å². The number of piperidine rings is 1. The summed E-state index contributed by atoms with van der Waals surface area (Å²) in [6.07, 6.45) is 2.11. The second-order valence-corrected chi connectivity index (χ2v) is 5.55. The van der Waals surface area contributed by atoms with Crippen molar-refractivity contribution in [3.05, 3.63) is 0 Å². The van der Waals surface area contributed by atoms with E-state index in [0.29, 0.717) is 5.92 Å². The molecule has 0 saturated carbocycles. The summed E-state index contributed by atoms with van der Waals surface area (Å²) in [7, 11) is 1.91. The van der Waals surface area contributed by atoms with Gasteiger partial charge in [-0.2, -0.15) is 0 Å². The Morgan fingerprint density at radius 2 is 2.20 bits per heavy atom. The number of carboxylic acid groups (broad SMARTS) is 1. The van der Waals surface area contributed by atoms with Crippen LogP contribution in [0.25, 0.3) is 0 Å². The van der Waals surface area contributed by atoms with Crippen molar-refractivity contribution in [2.75, 3.05) is 39.9 Å². The van der Waals surface area contributed by atoms with Crippen molar-refractivity contribution in [2.45, 2.75) is 18.9 Å². The monoisotopic (exact) mass is 285 g/mol. The van der Waals surface area contributed by atoms with E-state index in [-0.39, 0.29) is 19.2 Å². The van der Waals surface area contributed by atoms with Gasteiger partial charge in [-0.25, -0.2) is 4.79 Å². The minimum atomic E-state index is -0.917. The lowest BCUT2D eigenvalue weighted by atomic mass is 9.98. The fourth-order valence-corrected chi connectivity index (χ4v) is 2.89. The molecule has 2 amide bonds. The Kier molecular flexibility index (Phi) is 5.19. The van der Waals surface area contributed by atoms with Crippen molar-refractivity contribution in [2.24, 2.45) is 11.8 Å². The number of hydrogen-bond donors (Lipinski definition) is 3. The summed E-state index contributed by atoms with van der Waals surface area (Å²) in [4.78, 5) is 25.1. The molecule has 2 aliphatic rings. The smallest absolute Gasteiger partial charge is 0.317 e. The molecule has 114 valence electrons. The topological polar surface area (TPSA) is 90.9 Å². The fraction of sp³-hybridized carbons (Fsp3) is 0.846. The van der Waals surface area contributed by atoms with Gasteiger partial charge < -0.3 is 25.4 Å². The number of likely N-dealkylation sites (tertiary alicyclic amines) is 1. The summed E-state index contributed by atoms with van der Waals surface area (Å²) >= 11 is 0. The van der Waals surface area contributed by atoms with Crippen molar-refractivity contribution < 1.29 is 19.4 Å². The van der Waals surface area contributed by atoms with Gasteiger partial charge in [-0.1, -0.05) is 0 Å². The van der Waals surface area contributed by atoms with Crippen molar-refractivity contribution in [3.8, 4) is 0 Å². The van der Waals surface area contributed by atoms with E-state index in [1.165, 1.54) is 0 Å². The predicted octanol–water partition coefficient (Wildman–Crippen LogP) is -0.273. The minimum Gasteiger partial charge on any atom is -0.481 e. The molecule has 0 spiro atoms. The Morgan fingerprint density at radius 1 is 1.40 bits per heavy atom. The third-order valence-corrected chi connectivity index (χ3v) is 4.01. The molecule has 2 rings (SSSR count). The molecule has 0 aliphatic carbocycles. The highest BCUT2D eigenvalue weighted by Crippen LogP contribution is 2.18. The van der Waals surface area contributed by atoms with Crippen molar-refractivity contribution in [1.82, 2.24) is 15.5 Å². The maximum absolute atomic E-state index is 12.2. The molecule has 2 fully saturated rings. The summed E-state index contributed by atoms with van der Waals surface area (Å²) in [6, 6.07) is -0.600. The van der Waals surface area contributed by atoms with Crippen LogP contribution in [0, 0.1) is 11.8 Å². The van der Waals surface area contributed by atoms with Gasteiger partial charge in [0.2, 0.25) is 0 Å². The molecule has 0 aromatic rings. The van der Waals surface area contributed by atoms with E-state index in [4.69, 9.17) is 9.84 Å². The Hall–Kier alpha value is -1.34. The van der Waals surface area contributed by atoms with Crippen LogP contribution >= 0.6 is 0 Å². The van der Waals surface area contributed by atoms with Gasteiger partial charge >= 0.3 is 12.0 Å². The molecule has 2 saturated heterocycles. The van der Waals surface area contributed by atoms with Crippen LogP contribution in [0.4, 0.5) is 4.79 Å². The molecule has 3 atom stereocenters. The molecule has 7 nitrogen and oxygen atoms in total. The first-order chi connectivity index (χ1) is 9.61. The van der Waals surface area contributed by atoms with E-state index >= 15 is 0 Å². The third kappa shape index (κ3) is 3.61. The number of carbonyl (C=O) groups excluding carboxylic acids is 1. The van der Waals surface area contributed by atoms with E-state index < -0.39 is 17.9 Å². The normalized spacial score (nSPS) is 30.2. The molecule has 2 heterocycles. The number of carboxylic acids is 1. The maximum atomic E-state index is 12.2. The van der Waals surface area contributed by atoms with Gasteiger partial charge in [-0.05, 0) is 32.4 Å². The Balaban J connectivity index is 1.86. The second-order valence-electron chi connectivity index (χ2n) is 5.55. The standard InChI is InChI=1S/C13H23N3O4/c1-14-5-9-3-2-4-16(6-9)13(19)15-11-8-20-7-10(11)12(17)18/h9-11,14H,2-8H2,1H3,(H,15,19)(H,17,18). The molecule has 20 heavy (non-hydrogen) atoms. The molecule has 3 unspecified atom stereocenters. The van der Waals surface area contributed by atoms with Gasteiger partial charge in [0.25, 0.3) is 0 Å². The van der Waals surface area contributed by atoms with Crippen molar-refractivity contribution >= 4 is 12.0 Å². The number of ether oxygens (including phenoxy) is 1. The van der Waals surface area contributed by atoms with E-state index in [2.05, 4.69) is 10.6 Å². The van der Waals surface area contributed by atoms with Gasteiger partial charge in [0, 0.05) is 13.1 Å². The first-order valence-corrected chi connectivity index (χ1v) is 7.12. The van der Waals surface area contributed by atoms with Crippen LogP contribution in [0.2, 0.25) is 0 Å². The number of carbonyl (C=O) groups is 2. The summed E-state index contributed by atoms with van der Waals surface area (Å²) in [5.74, 6) is -1.09. The summed E-state index contributed by atoms with van der Waals surface area (Å²) in [5, 5.41) is 15.0. The Morgan fingerprint density at radius 3 is 2.90 bits per heavy atom. The average Bonchev–Trinajstić information content (AvgIpc) is 2.88. The largest absolute Gasteiger partial charge is 0.481 e. The van der Waals surface area contributed by atoms with E-state index in [0.717, 1.165) is 32.5 Å². The molecular weight excluding hydrogens is 262 g/mol. The minimum absolute atomic E-state index is 0.169. The van der Waals surface area contributed by atoms with Gasteiger partial charge in [-0.15, -0.1) is 0 Å². The number of hydrogen-bond acceptors (Lipinski definition) is 4. The summed E-state index contributed by atoms with van der Waals surface area (Å²) in [5.41, 5.74) is 0. The zero-order valence-corrected chi connectivity index (χ0v) is 11.8. The van der Waals surface area contributed by atoms with E-state index in [1.807, 2.05) is 7.05 Å². The van der Waals surface area contributed by atoms with Crippen molar-refractivity contribution in [1.29, 1.82) is 0 Å². The summed E-state index contributed by atoms with van der Waals surface area (Å²) < 4.78 is 5.15. The number of rotatable bonds is 4. The predicted molar refractivity (Wildman–Crippen MR) is 72.5 cm³/mol. The molecule has 0 aromatic heterocycles. The van der Waals surface area contributed by atoms with Crippen LogP contribution in [-0.2, 0) is 9.53 Å². The Bertz CT molecular complexity index is 362. The maximum Gasteiger partial charge on any atom is 0.317 e. The number of nitrogens with one attached hydrogen (secondary N) is 2. The van der Waals surface area contributed by atoms with Gasteiger partial charge in [0.05, 0.1) is 19.3 Å². The van der Waals surface area contributed by atoms with Gasteiger partial charge in [0.15, 0.2) is 0 Å². The highest BCUT2D eigenvalue weighted by molar-refractivity contribution is 5.77. The second kappa shape index (κ2) is 6.90. The highest BCUT2D eigenvalue weighted by atomic mass is 16.5. The first kappa shape index (κ1) is 15.1. The molecule has 0 radical (unpaired) electrons. The van der Waals surface area contributed by atoms with Crippen molar-refractivity contribution in [3.63, 3.8) is 0 Å². The fourth-order valence-electron chi connectivity index (χ4n) is 2.89. The molecule has 7 heteroatoms. The SMILES string of the molecule is CNCC1CCCN(C(=O)NC2COCC2C(=O)O)C1. The molecule has 0 bridgehead atoms. The van der Waals surface area contributed by atoms with Crippen LogP contribution in [-0.4, -0.2) is 67.9 Å². The third-order valence-electron chi connectivity index (χ3n) is 4.01. The number of urea groups is 1. The quantitative estimate of drug-likeness (QED) is 0.661. The number of amides is 2. The average molecular weight is 285 g/mol. The van der Waals surface area contributed by atoms with Crippen LogP contribution in [0.15, 0.2) is 0 Å². The van der Waals surface area contributed by atoms with Crippen LogP contribution < -0.4 is 10.6 Å². The van der Waals surface area contributed by atoms with Crippen LogP contribution in [0.3, 0.4) is 0 Å². The van der Waals surface area contributed by atoms with Crippen LogP contribution in [0.5, 0.6) is 0 Å². The van der Waals surface area contributed by atoms with Gasteiger partial charge in [0.1, 0.15) is 5.92 Å². The molecular formula is C13H23N3O4. The zero-order valence-electron chi connectivity index (χ0n) is 11.8. The highest BCUT2D eigenvalue weighted by Gasteiger charge is 2.36. The number of aliphatic carboxylic acids is 1. The zero-order chi connectivity index (χ0) is 14.5.